The van der Waals surface area contributed by atoms with Gasteiger partial charge >= 0.3 is 5.97 Å². The van der Waals surface area contributed by atoms with Crippen molar-refractivity contribution in [3.8, 4) is 0 Å². The lowest BCUT2D eigenvalue weighted by Gasteiger charge is -2.21. The zero-order valence-electron chi connectivity index (χ0n) is 14.1. The van der Waals surface area contributed by atoms with Crippen LogP contribution in [0.3, 0.4) is 0 Å². The van der Waals surface area contributed by atoms with Crippen LogP contribution in [0.25, 0.3) is 10.9 Å². The van der Waals surface area contributed by atoms with E-state index in [4.69, 9.17) is 9.84 Å². The molecule has 1 unspecified atom stereocenters. The summed E-state index contributed by atoms with van der Waals surface area (Å²) in [5, 5.41) is 10.1. The minimum Gasteiger partial charge on any atom is -0.478 e. The first kappa shape index (κ1) is 17.0. The van der Waals surface area contributed by atoms with Crippen LogP contribution in [0, 0.1) is 0 Å². The van der Waals surface area contributed by atoms with Gasteiger partial charge in [-0.1, -0.05) is 18.2 Å². The molecule has 3 aromatic rings. The SMILES string of the molecule is O=C(O)c1ccc(S(=O)n2cc(C3CCOCC3)c3ccccc32)cc1. The summed E-state index contributed by atoms with van der Waals surface area (Å²) < 4.78 is 20.4. The number of benzene rings is 2. The number of aromatic carboxylic acids is 1. The van der Waals surface area contributed by atoms with Crippen LogP contribution in [0.2, 0.25) is 0 Å². The Balaban J connectivity index is 1.76. The van der Waals surface area contributed by atoms with E-state index in [0.29, 0.717) is 10.8 Å². The number of fused-ring (bicyclic) bond motifs is 1. The normalized spacial score (nSPS) is 16.6. The maximum atomic E-state index is 13.1. The molecule has 2 heterocycles. The van der Waals surface area contributed by atoms with Gasteiger partial charge in [-0.3, -0.25) is 3.97 Å². The summed E-state index contributed by atoms with van der Waals surface area (Å²) in [7, 11) is -1.43. The number of hydrogen-bond acceptors (Lipinski definition) is 3. The Labute approximate surface area is 153 Å². The highest BCUT2D eigenvalue weighted by Gasteiger charge is 2.22. The fraction of sp³-hybridized carbons (Fsp3) is 0.250. The van der Waals surface area contributed by atoms with Gasteiger partial charge in [0.25, 0.3) is 0 Å². The van der Waals surface area contributed by atoms with E-state index >= 15 is 0 Å². The Bertz CT molecular complexity index is 971. The molecule has 1 fully saturated rings. The molecule has 0 saturated carbocycles. The molecule has 134 valence electrons. The summed E-state index contributed by atoms with van der Waals surface area (Å²) in [6.07, 6.45) is 3.92. The number of carboxylic acid groups (broad SMARTS) is 1. The molecule has 1 saturated heterocycles. The van der Waals surface area contributed by atoms with Crippen molar-refractivity contribution in [2.24, 2.45) is 0 Å². The molecular formula is C20H19NO4S. The third-order valence-electron chi connectivity index (χ3n) is 4.85. The number of nitrogens with zero attached hydrogens (tertiary/aromatic N) is 1. The molecule has 4 rings (SSSR count). The average Bonchev–Trinajstić information content (AvgIpc) is 3.08. The molecule has 0 amide bonds. The monoisotopic (exact) mass is 369 g/mol. The van der Waals surface area contributed by atoms with E-state index in [-0.39, 0.29) is 5.56 Å². The summed E-state index contributed by atoms with van der Waals surface area (Å²) in [4.78, 5) is 11.6. The molecule has 5 nitrogen and oxygen atoms in total. The molecule has 0 spiro atoms. The fourth-order valence-corrected chi connectivity index (χ4v) is 4.62. The van der Waals surface area contributed by atoms with Crippen molar-refractivity contribution in [2.75, 3.05) is 13.2 Å². The minimum absolute atomic E-state index is 0.186. The van der Waals surface area contributed by atoms with Gasteiger partial charge in [-0.15, -0.1) is 0 Å². The van der Waals surface area contributed by atoms with Gasteiger partial charge in [0.1, 0.15) is 0 Å². The minimum atomic E-state index is -1.43. The van der Waals surface area contributed by atoms with Crippen molar-refractivity contribution in [1.82, 2.24) is 3.97 Å². The Morgan fingerprint density at radius 2 is 1.77 bits per heavy atom. The van der Waals surface area contributed by atoms with Gasteiger partial charge < -0.3 is 9.84 Å². The van der Waals surface area contributed by atoms with Gasteiger partial charge in [0.05, 0.1) is 16.0 Å². The van der Waals surface area contributed by atoms with Gasteiger partial charge in [0, 0.05) is 24.8 Å². The van der Waals surface area contributed by atoms with Crippen molar-refractivity contribution in [1.29, 1.82) is 0 Å². The van der Waals surface area contributed by atoms with Crippen molar-refractivity contribution in [3.05, 3.63) is 65.9 Å². The zero-order chi connectivity index (χ0) is 18.1. The van der Waals surface area contributed by atoms with Crippen molar-refractivity contribution >= 4 is 27.9 Å². The predicted molar refractivity (Wildman–Crippen MR) is 99.9 cm³/mol. The van der Waals surface area contributed by atoms with Crippen LogP contribution in [0.5, 0.6) is 0 Å². The second kappa shape index (κ2) is 7.05. The van der Waals surface area contributed by atoms with E-state index in [2.05, 4.69) is 6.07 Å². The molecule has 6 heteroatoms. The van der Waals surface area contributed by atoms with Crippen LogP contribution >= 0.6 is 0 Å². The van der Waals surface area contributed by atoms with Gasteiger partial charge in [-0.05, 0) is 54.7 Å². The van der Waals surface area contributed by atoms with Crippen LogP contribution in [0.1, 0.15) is 34.7 Å². The number of ether oxygens (including phenoxy) is 1. The second-order valence-electron chi connectivity index (χ2n) is 6.39. The van der Waals surface area contributed by atoms with Gasteiger partial charge in [0.2, 0.25) is 0 Å². The maximum Gasteiger partial charge on any atom is 0.335 e. The summed E-state index contributed by atoms with van der Waals surface area (Å²) in [5.41, 5.74) is 2.32. The molecule has 0 bridgehead atoms. The Kier molecular flexibility index (Phi) is 4.61. The van der Waals surface area contributed by atoms with Gasteiger partial charge in [-0.2, -0.15) is 0 Å². The number of para-hydroxylation sites is 1. The van der Waals surface area contributed by atoms with Crippen LogP contribution in [-0.2, 0) is 15.7 Å². The number of hydrogen-bond donors (Lipinski definition) is 1. The molecular weight excluding hydrogens is 350 g/mol. The van der Waals surface area contributed by atoms with Crippen LogP contribution in [0.4, 0.5) is 0 Å². The number of carboxylic acids is 1. The maximum absolute atomic E-state index is 13.1. The van der Waals surface area contributed by atoms with Crippen LogP contribution < -0.4 is 0 Å². The van der Waals surface area contributed by atoms with Gasteiger partial charge in [-0.25, -0.2) is 9.00 Å². The standard InChI is InChI=1S/C20H19NO4S/c22-20(23)15-5-7-16(8-6-15)26(24)21-13-18(14-9-11-25-12-10-14)17-3-1-2-4-19(17)21/h1-8,13-14H,9-12H2,(H,22,23). The summed E-state index contributed by atoms with van der Waals surface area (Å²) >= 11 is 0. The zero-order valence-corrected chi connectivity index (χ0v) is 14.9. The third-order valence-corrected chi connectivity index (χ3v) is 6.19. The third kappa shape index (κ3) is 3.06. The molecule has 2 aromatic carbocycles. The summed E-state index contributed by atoms with van der Waals surface area (Å²) in [6, 6.07) is 14.2. The molecule has 26 heavy (non-hydrogen) atoms. The van der Waals surface area contributed by atoms with Crippen LogP contribution in [0.15, 0.2) is 59.6 Å². The van der Waals surface area contributed by atoms with Crippen molar-refractivity contribution in [2.45, 2.75) is 23.7 Å². The molecule has 1 aliphatic heterocycles. The average molecular weight is 369 g/mol. The van der Waals surface area contributed by atoms with E-state index in [1.165, 1.54) is 17.7 Å². The van der Waals surface area contributed by atoms with Crippen LogP contribution in [-0.4, -0.2) is 32.5 Å². The predicted octanol–water partition coefficient (Wildman–Crippen LogP) is 3.80. The van der Waals surface area contributed by atoms with E-state index in [1.807, 2.05) is 24.4 Å². The second-order valence-corrected chi connectivity index (χ2v) is 7.76. The topological polar surface area (TPSA) is 68.5 Å². The number of carbonyl (C=O) groups is 1. The Morgan fingerprint density at radius 1 is 1.08 bits per heavy atom. The molecule has 0 radical (unpaired) electrons. The first-order valence-electron chi connectivity index (χ1n) is 8.58. The number of aromatic nitrogens is 1. The van der Waals surface area contributed by atoms with E-state index < -0.39 is 17.0 Å². The molecule has 1 atom stereocenters. The molecule has 0 aliphatic carbocycles. The lowest BCUT2D eigenvalue weighted by Crippen LogP contribution is -2.13. The van der Waals surface area contributed by atoms with E-state index in [9.17, 15) is 9.00 Å². The number of rotatable bonds is 4. The van der Waals surface area contributed by atoms with E-state index in [1.54, 1.807) is 16.1 Å². The highest BCUT2D eigenvalue weighted by atomic mass is 32.2. The Hall–Kier alpha value is -2.44. The Morgan fingerprint density at radius 3 is 2.46 bits per heavy atom. The largest absolute Gasteiger partial charge is 0.478 e. The molecule has 1 aromatic heterocycles. The lowest BCUT2D eigenvalue weighted by atomic mass is 9.91. The van der Waals surface area contributed by atoms with E-state index in [0.717, 1.165) is 37.0 Å². The summed E-state index contributed by atoms with van der Waals surface area (Å²) in [6.45, 7) is 1.51. The molecule has 1 aliphatic rings. The summed E-state index contributed by atoms with van der Waals surface area (Å²) in [5.74, 6) is -0.586. The highest BCUT2D eigenvalue weighted by Crippen LogP contribution is 2.34. The fourth-order valence-electron chi connectivity index (χ4n) is 3.47. The lowest BCUT2D eigenvalue weighted by molar-refractivity contribution is 0.0696. The molecule has 1 N–H and O–H groups in total. The van der Waals surface area contributed by atoms with Crippen molar-refractivity contribution < 1.29 is 18.8 Å². The van der Waals surface area contributed by atoms with Gasteiger partial charge in [0.15, 0.2) is 11.0 Å². The smallest absolute Gasteiger partial charge is 0.335 e. The first-order chi connectivity index (χ1) is 12.6. The van der Waals surface area contributed by atoms with Crippen molar-refractivity contribution in [3.63, 3.8) is 0 Å². The quantitative estimate of drug-likeness (QED) is 0.759. The first-order valence-corrected chi connectivity index (χ1v) is 9.69. The highest BCUT2D eigenvalue weighted by molar-refractivity contribution is 7.83.